The topological polar surface area (TPSA) is 137 Å². The van der Waals surface area contributed by atoms with Gasteiger partial charge in [-0.05, 0) is 55.0 Å². The van der Waals surface area contributed by atoms with Gasteiger partial charge in [0.05, 0.1) is 29.1 Å². The third kappa shape index (κ3) is 4.81. The monoisotopic (exact) mass is 522 g/mol. The van der Waals surface area contributed by atoms with Crippen LogP contribution < -0.4 is 14.8 Å². The number of amides is 1. The Morgan fingerprint density at radius 2 is 1.92 bits per heavy atom. The molecule has 1 aliphatic heterocycles. The van der Waals surface area contributed by atoms with Crippen molar-refractivity contribution in [1.82, 2.24) is 9.97 Å². The summed E-state index contributed by atoms with van der Waals surface area (Å²) in [5.41, 5.74) is 1.28. The molecule has 0 radical (unpaired) electrons. The summed E-state index contributed by atoms with van der Waals surface area (Å²) in [6, 6.07) is 15.0. The average molecular weight is 522 g/mol. The smallest absolute Gasteiger partial charge is 0.449 e. The highest BCUT2D eigenvalue weighted by Gasteiger charge is 2.34. The number of carbonyl (C=O) groups excluding carboxylic acids is 1. The van der Waals surface area contributed by atoms with Crippen LogP contribution in [0, 0.1) is 11.3 Å². The van der Waals surface area contributed by atoms with Crippen LogP contribution in [0.3, 0.4) is 0 Å². The van der Waals surface area contributed by atoms with Crippen molar-refractivity contribution in [2.45, 2.75) is 18.5 Å². The maximum atomic E-state index is 12.9. The number of nitriles is 1. The number of imidazole rings is 1. The molecular formula is C26H17F3N4O5. The number of H-pyrrole nitrogens is 1. The highest BCUT2D eigenvalue weighted by atomic mass is 19.4. The van der Waals surface area contributed by atoms with Gasteiger partial charge in [0.25, 0.3) is 5.91 Å². The van der Waals surface area contributed by atoms with Crippen LogP contribution in [0.25, 0.3) is 11.0 Å². The first kappa shape index (κ1) is 24.6. The molecule has 0 fully saturated rings. The Hall–Kier alpha value is -5.05. The fraction of sp³-hybridized carbons (Fsp3) is 0.154. The summed E-state index contributed by atoms with van der Waals surface area (Å²) < 4.78 is 50.0. The summed E-state index contributed by atoms with van der Waals surface area (Å²) in [5, 5.41) is 21.6. The normalized spacial score (nSPS) is 14.7. The van der Waals surface area contributed by atoms with Crippen molar-refractivity contribution < 1.29 is 37.3 Å². The molecule has 9 nitrogen and oxygen atoms in total. The second kappa shape index (κ2) is 9.44. The number of rotatable bonds is 5. The molecule has 38 heavy (non-hydrogen) atoms. The van der Waals surface area contributed by atoms with Gasteiger partial charge < -0.3 is 24.9 Å². The highest BCUT2D eigenvalue weighted by molar-refractivity contribution is 6.05. The number of carbonyl (C=O) groups is 2. The van der Waals surface area contributed by atoms with Crippen LogP contribution in [0.2, 0.25) is 0 Å². The number of hydrogen-bond donors (Lipinski definition) is 3. The quantitative estimate of drug-likeness (QED) is 0.317. The minimum Gasteiger partial charge on any atom is -0.493 e. The predicted octanol–water partition coefficient (Wildman–Crippen LogP) is 5.45. The Balaban J connectivity index is 1.31. The number of alkyl halides is 3. The van der Waals surface area contributed by atoms with Crippen molar-refractivity contribution in [2.24, 2.45) is 0 Å². The summed E-state index contributed by atoms with van der Waals surface area (Å²) in [6.45, 7) is 0.218. The number of ether oxygens (including phenoxy) is 2. The largest absolute Gasteiger partial charge is 0.493 e. The van der Waals surface area contributed by atoms with Crippen molar-refractivity contribution >= 4 is 28.6 Å². The van der Waals surface area contributed by atoms with E-state index in [4.69, 9.17) is 9.47 Å². The van der Waals surface area contributed by atoms with Gasteiger partial charge in [-0.15, -0.1) is 0 Å². The van der Waals surface area contributed by atoms with E-state index in [-0.39, 0.29) is 40.2 Å². The molecule has 0 saturated heterocycles. The maximum absolute atomic E-state index is 12.9. The zero-order chi connectivity index (χ0) is 27.0. The highest BCUT2D eigenvalue weighted by Crippen LogP contribution is 2.39. The van der Waals surface area contributed by atoms with Crippen LogP contribution in [-0.4, -0.2) is 33.6 Å². The molecule has 0 bridgehead atoms. The Morgan fingerprint density at radius 1 is 1.16 bits per heavy atom. The molecule has 3 aromatic carbocycles. The van der Waals surface area contributed by atoms with Crippen molar-refractivity contribution in [3.05, 3.63) is 77.1 Å². The number of halogens is 3. The Morgan fingerprint density at radius 3 is 2.61 bits per heavy atom. The number of nitrogens with one attached hydrogen (secondary N) is 2. The summed E-state index contributed by atoms with van der Waals surface area (Å²) >= 11 is 0. The van der Waals surface area contributed by atoms with E-state index in [9.17, 15) is 33.1 Å². The lowest BCUT2D eigenvalue weighted by atomic mass is 9.91. The van der Waals surface area contributed by atoms with Gasteiger partial charge in [0.2, 0.25) is 5.82 Å². The number of fused-ring (bicyclic) bond motifs is 2. The van der Waals surface area contributed by atoms with E-state index in [0.717, 1.165) is 0 Å². The van der Waals surface area contributed by atoms with E-state index in [1.54, 1.807) is 0 Å². The standard InChI is InChI=1S/C26H17F3N4O5/c27-26(28,29)25-32-19-6-3-15(10-20(19)33-25)31-23(34)13-1-4-16(5-2-13)38-21-11-22-18(9-14(21)12-30)17(24(35)36)7-8-37-22/h1-6,9-11,17H,7-8H2,(H,31,34)(H,32,33)(H,35,36). The van der Waals surface area contributed by atoms with Crippen LogP contribution >= 0.6 is 0 Å². The van der Waals surface area contributed by atoms with E-state index in [1.165, 1.54) is 54.6 Å². The number of hydrogen-bond acceptors (Lipinski definition) is 6. The SMILES string of the molecule is N#Cc1cc2c(cc1Oc1ccc(C(=O)Nc3ccc4nc(C(F)(F)F)[nH]c4c3)cc1)OCCC2C(=O)O. The Labute approximate surface area is 212 Å². The fourth-order valence-corrected chi connectivity index (χ4v) is 4.07. The molecule has 1 unspecified atom stereocenters. The minimum absolute atomic E-state index is 0.111. The van der Waals surface area contributed by atoms with Gasteiger partial charge in [0.15, 0.2) is 0 Å². The number of carboxylic acids is 1. The third-order valence-corrected chi connectivity index (χ3v) is 5.92. The lowest BCUT2D eigenvalue weighted by Crippen LogP contribution is -2.21. The minimum atomic E-state index is -4.62. The number of benzene rings is 3. The van der Waals surface area contributed by atoms with E-state index in [1.807, 2.05) is 6.07 Å². The number of aromatic amines is 1. The summed E-state index contributed by atoms with van der Waals surface area (Å²) in [4.78, 5) is 29.9. The predicted molar refractivity (Wildman–Crippen MR) is 127 cm³/mol. The van der Waals surface area contributed by atoms with Crippen molar-refractivity contribution in [1.29, 1.82) is 5.26 Å². The van der Waals surface area contributed by atoms with Gasteiger partial charge in [-0.1, -0.05) is 0 Å². The molecule has 12 heteroatoms. The molecule has 0 spiro atoms. The number of aromatic nitrogens is 2. The molecule has 1 amide bonds. The van der Waals surface area contributed by atoms with Gasteiger partial charge in [-0.3, -0.25) is 9.59 Å². The summed E-state index contributed by atoms with van der Waals surface area (Å²) in [5.74, 6) is -2.62. The first-order valence-electron chi connectivity index (χ1n) is 11.2. The molecule has 0 aliphatic carbocycles. The number of aliphatic carboxylic acids is 1. The summed E-state index contributed by atoms with van der Waals surface area (Å²) in [7, 11) is 0. The van der Waals surface area contributed by atoms with Crippen LogP contribution in [0.4, 0.5) is 18.9 Å². The van der Waals surface area contributed by atoms with Crippen LogP contribution in [0.1, 0.15) is 39.6 Å². The van der Waals surface area contributed by atoms with E-state index in [0.29, 0.717) is 23.5 Å². The van der Waals surface area contributed by atoms with Gasteiger partial charge in [0.1, 0.15) is 23.3 Å². The van der Waals surface area contributed by atoms with Crippen molar-refractivity contribution in [3.63, 3.8) is 0 Å². The zero-order valence-electron chi connectivity index (χ0n) is 19.3. The van der Waals surface area contributed by atoms with Crippen molar-refractivity contribution in [3.8, 4) is 23.3 Å². The number of nitrogens with zero attached hydrogens (tertiary/aromatic N) is 2. The molecular weight excluding hydrogens is 505 g/mol. The van der Waals surface area contributed by atoms with Crippen molar-refractivity contribution in [2.75, 3.05) is 11.9 Å². The first-order chi connectivity index (χ1) is 18.1. The van der Waals surface area contributed by atoms with E-state index < -0.39 is 29.8 Å². The molecule has 1 aliphatic rings. The third-order valence-electron chi connectivity index (χ3n) is 5.92. The summed E-state index contributed by atoms with van der Waals surface area (Å²) in [6.07, 6.45) is -4.32. The van der Waals surface area contributed by atoms with Gasteiger partial charge in [-0.25, -0.2) is 4.98 Å². The zero-order valence-corrected chi connectivity index (χ0v) is 19.3. The fourth-order valence-electron chi connectivity index (χ4n) is 4.07. The molecule has 2 heterocycles. The molecule has 5 rings (SSSR count). The van der Waals surface area contributed by atoms with Crippen LogP contribution in [0.5, 0.6) is 17.2 Å². The van der Waals surface area contributed by atoms with Crippen LogP contribution in [-0.2, 0) is 11.0 Å². The average Bonchev–Trinajstić information content (AvgIpc) is 3.32. The molecule has 0 saturated carbocycles. The molecule has 3 N–H and O–H groups in total. The lowest BCUT2D eigenvalue weighted by molar-refractivity contribution is -0.144. The van der Waals surface area contributed by atoms with E-state index in [2.05, 4.69) is 15.3 Å². The Kier molecular flexibility index (Phi) is 6.12. The maximum Gasteiger partial charge on any atom is 0.449 e. The first-order valence-corrected chi connectivity index (χ1v) is 11.2. The number of anilines is 1. The van der Waals surface area contributed by atoms with Gasteiger partial charge in [0, 0.05) is 22.9 Å². The second-order valence-corrected chi connectivity index (χ2v) is 8.42. The number of carboxylic acid groups (broad SMARTS) is 1. The molecule has 1 atom stereocenters. The lowest BCUT2D eigenvalue weighted by Gasteiger charge is -2.24. The molecule has 4 aromatic rings. The molecule has 1 aromatic heterocycles. The van der Waals surface area contributed by atoms with Gasteiger partial charge >= 0.3 is 12.1 Å². The van der Waals surface area contributed by atoms with Gasteiger partial charge in [-0.2, -0.15) is 18.4 Å². The molecule has 192 valence electrons. The second-order valence-electron chi connectivity index (χ2n) is 8.42. The Bertz CT molecular complexity index is 1610. The van der Waals surface area contributed by atoms with E-state index >= 15 is 0 Å². The van der Waals surface area contributed by atoms with Crippen LogP contribution in [0.15, 0.2) is 54.6 Å².